The van der Waals surface area contributed by atoms with Gasteiger partial charge in [0.25, 0.3) is 0 Å². The quantitative estimate of drug-likeness (QED) is 0.549. The van der Waals surface area contributed by atoms with Crippen LogP contribution in [0.15, 0.2) is 30.3 Å². The lowest BCUT2D eigenvalue weighted by Gasteiger charge is -2.14. The average Bonchev–Trinajstić information content (AvgIpc) is 3.28. The van der Waals surface area contributed by atoms with E-state index >= 15 is 0 Å². The lowest BCUT2D eigenvalue weighted by Crippen LogP contribution is -2.14. The van der Waals surface area contributed by atoms with Crippen LogP contribution >= 0.6 is 0 Å². The molecule has 0 radical (unpaired) electrons. The van der Waals surface area contributed by atoms with Crippen molar-refractivity contribution in [3.8, 4) is 40.1 Å². The summed E-state index contributed by atoms with van der Waals surface area (Å²) < 4.78 is 27.1. The maximum Gasteiger partial charge on any atom is 0.203 e. The Kier molecular flexibility index (Phi) is 6.63. The number of hydrogen-bond acceptors (Lipinski definition) is 8. The molecule has 0 aliphatic carbocycles. The molecule has 0 amide bonds. The zero-order valence-corrected chi connectivity index (χ0v) is 17.7. The maximum absolute atomic E-state index is 6.41. The van der Waals surface area contributed by atoms with E-state index in [1.165, 1.54) is 0 Å². The van der Waals surface area contributed by atoms with Crippen LogP contribution in [0.1, 0.15) is 24.4 Å². The van der Waals surface area contributed by atoms with Crippen LogP contribution in [0.2, 0.25) is 0 Å². The van der Waals surface area contributed by atoms with Crippen LogP contribution in [0.25, 0.3) is 11.4 Å². The summed E-state index contributed by atoms with van der Waals surface area (Å²) in [6.07, 6.45) is 0. The van der Waals surface area contributed by atoms with E-state index in [9.17, 15) is 0 Å². The molecule has 0 spiro atoms. The van der Waals surface area contributed by atoms with Gasteiger partial charge in [-0.3, -0.25) is 5.10 Å². The summed E-state index contributed by atoms with van der Waals surface area (Å²) in [7, 11) is 6.25. The highest BCUT2D eigenvalue weighted by Gasteiger charge is 2.20. The topological polar surface area (TPSA) is 114 Å². The smallest absolute Gasteiger partial charge is 0.203 e. The van der Waals surface area contributed by atoms with Crippen LogP contribution in [-0.2, 0) is 0 Å². The minimum atomic E-state index is -0.530. The zero-order valence-electron chi connectivity index (χ0n) is 17.7. The number of rotatable bonds is 9. The Morgan fingerprint density at radius 2 is 1.57 bits per heavy atom. The minimum Gasteiger partial charge on any atom is -0.493 e. The average molecular weight is 414 g/mol. The Morgan fingerprint density at radius 3 is 2.13 bits per heavy atom. The van der Waals surface area contributed by atoms with E-state index in [2.05, 4.69) is 15.2 Å². The lowest BCUT2D eigenvalue weighted by molar-refractivity contribution is 0.310. The molecule has 0 bridgehead atoms. The summed E-state index contributed by atoms with van der Waals surface area (Å²) in [6.45, 7) is 2.46. The fraction of sp³-hybridized carbons (Fsp3) is 0.333. The van der Waals surface area contributed by atoms with Gasteiger partial charge in [-0.25, -0.2) is 4.98 Å². The normalized spacial score (nSPS) is 11.7. The van der Waals surface area contributed by atoms with Crippen molar-refractivity contribution in [3.63, 3.8) is 0 Å². The van der Waals surface area contributed by atoms with Crippen LogP contribution in [0, 0.1) is 0 Å². The van der Waals surface area contributed by atoms with E-state index in [4.69, 9.17) is 29.4 Å². The van der Waals surface area contributed by atoms with Crippen LogP contribution in [-0.4, -0.2) is 50.2 Å². The van der Waals surface area contributed by atoms with E-state index in [1.54, 1.807) is 40.6 Å². The summed E-state index contributed by atoms with van der Waals surface area (Å²) in [6, 6.07) is 8.56. The van der Waals surface area contributed by atoms with Gasteiger partial charge in [-0.2, -0.15) is 5.10 Å². The van der Waals surface area contributed by atoms with E-state index < -0.39 is 6.04 Å². The number of nitrogens with zero attached hydrogens (tertiary/aromatic N) is 2. The molecule has 30 heavy (non-hydrogen) atoms. The van der Waals surface area contributed by atoms with Crippen molar-refractivity contribution >= 4 is 0 Å². The highest BCUT2D eigenvalue weighted by molar-refractivity contribution is 5.66. The fourth-order valence-electron chi connectivity index (χ4n) is 3.06. The lowest BCUT2D eigenvalue weighted by atomic mass is 10.1. The summed E-state index contributed by atoms with van der Waals surface area (Å²) >= 11 is 0. The molecule has 160 valence electrons. The van der Waals surface area contributed by atoms with Crippen molar-refractivity contribution in [3.05, 3.63) is 41.7 Å². The Labute approximate surface area is 175 Å². The second kappa shape index (κ2) is 9.36. The van der Waals surface area contributed by atoms with E-state index in [0.717, 1.165) is 5.56 Å². The third-order valence-corrected chi connectivity index (χ3v) is 4.57. The molecule has 0 unspecified atom stereocenters. The first-order valence-electron chi connectivity index (χ1n) is 9.35. The minimum absolute atomic E-state index is 0.456. The number of benzene rings is 2. The van der Waals surface area contributed by atoms with E-state index in [1.807, 2.05) is 25.1 Å². The first-order valence-corrected chi connectivity index (χ1v) is 9.35. The number of nitrogens with one attached hydrogen (secondary N) is 1. The second-order valence-corrected chi connectivity index (χ2v) is 6.28. The monoisotopic (exact) mass is 414 g/mol. The summed E-state index contributed by atoms with van der Waals surface area (Å²) in [5, 5.41) is 7.22. The van der Waals surface area contributed by atoms with Crippen molar-refractivity contribution in [1.29, 1.82) is 0 Å². The van der Waals surface area contributed by atoms with Gasteiger partial charge in [-0.15, -0.1) is 0 Å². The number of methoxy groups -OCH3 is 4. The van der Waals surface area contributed by atoms with Gasteiger partial charge in [-0.05, 0) is 36.8 Å². The van der Waals surface area contributed by atoms with Crippen molar-refractivity contribution < 1.29 is 23.7 Å². The molecular weight excluding hydrogens is 388 g/mol. The highest BCUT2D eigenvalue weighted by Crippen LogP contribution is 2.40. The standard InChI is InChI=1S/C21H26N4O5/c1-6-30-14-8-7-12(9-15(14)26-2)18(22)21-23-20(24-25-21)13-10-16(27-3)19(29-5)17(11-13)28-4/h7-11,18H,6,22H2,1-5H3,(H,23,24,25)/t18-/m0/s1. The molecule has 0 saturated carbocycles. The predicted molar refractivity (Wildman–Crippen MR) is 112 cm³/mol. The molecule has 2 aromatic carbocycles. The number of aromatic amines is 1. The molecule has 0 aliphatic rings. The van der Waals surface area contributed by atoms with Gasteiger partial charge in [-0.1, -0.05) is 6.07 Å². The molecule has 1 aromatic heterocycles. The van der Waals surface area contributed by atoms with Crippen molar-refractivity contribution in [2.24, 2.45) is 5.73 Å². The van der Waals surface area contributed by atoms with Gasteiger partial charge in [0, 0.05) is 5.56 Å². The number of ether oxygens (including phenoxy) is 5. The molecule has 9 nitrogen and oxygen atoms in total. The van der Waals surface area contributed by atoms with Gasteiger partial charge in [0.05, 0.1) is 41.1 Å². The van der Waals surface area contributed by atoms with E-state index in [0.29, 0.717) is 52.6 Å². The van der Waals surface area contributed by atoms with Crippen LogP contribution < -0.4 is 29.4 Å². The molecule has 3 N–H and O–H groups in total. The summed E-state index contributed by atoms with van der Waals surface area (Å²) in [5.41, 5.74) is 7.92. The van der Waals surface area contributed by atoms with Gasteiger partial charge < -0.3 is 29.4 Å². The molecule has 9 heteroatoms. The fourth-order valence-corrected chi connectivity index (χ4v) is 3.06. The van der Waals surface area contributed by atoms with Crippen molar-refractivity contribution in [2.75, 3.05) is 35.0 Å². The first-order chi connectivity index (χ1) is 14.6. The van der Waals surface area contributed by atoms with Gasteiger partial charge in [0.2, 0.25) is 5.75 Å². The maximum atomic E-state index is 6.41. The largest absolute Gasteiger partial charge is 0.493 e. The number of H-pyrrole nitrogens is 1. The number of aromatic nitrogens is 3. The van der Waals surface area contributed by atoms with Gasteiger partial charge >= 0.3 is 0 Å². The van der Waals surface area contributed by atoms with Gasteiger partial charge in [0.15, 0.2) is 28.8 Å². The first kappa shape index (κ1) is 21.3. The number of nitrogens with two attached hydrogens (primary N) is 1. The summed E-state index contributed by atoms with van der Waals surface area (Å²) in [5.74, 6) is 3.75. The van der Waals surface area contributed by atoms with Crippen LogP contribution in [0.3, 0.4) is 0 Å². The van der Waals surface area contributed by atoms with Crippen LogP contribution in [0.5, 0.6) is 28.7 Å². The number of hydrogen-bond donors (Lipinski definition) is 2. The highest BCUT2D eigenvalue weighted by atomic mass is 16.5. The molecule has 0 aliphatic heterocycles. The zero-order chi connectivity index (χ0) is 21.7. The molecule has 3 rings (SSSR count). The summed E-state index contributed by atoms with van der Waals surface area (Å²) in [4.78, 5) is 4.56. The Hall–Kier alpha value is -3.46. The Bertz CT molecular complexity index is 980. The predicted octanol–water partition coefficient (Wildman–Crippen LogP) is 2.95. The molecule has 0 saturated heterocycles. The SMILES string of the molecule is CCOc1ccc([C@H](N)c2nc(-c3cc(OC)c(OC)c(OC)c3)n[nH]2)cc1OC. The van der Waals surface area contributed by atoms with Crippen LogP contribution in [0.4, 0.5) is 0 Å². The van der Waals surface area contributed by atoms with E-state index in [-0.39, 0.29) is 0 Å². The molecule has 1 heterocycles. The third-order valence-electron chi connectivity index (χ3n) is 4.57. The third kappa shape index (κ3) is 4.11. The molecule has 0 fully saturated rings. The second-order valence-electron chi connectivity index (χ2n) is 6.28. The Balaban J connectivity index is 1.93. The molecular formula is C21H26N4O5. The van der Waals surface area contributed by atoms with Crippen molar-refractivity contribution in [1.82, 2.24) is 15.2 Å². The molecule has 3 aromatic rings. The Morgan fingerprint density at radius 1 is 0.900 bits per heavy atom. The van der Waals surface area contributed by atoms with Crippen molar-refractivity contribution in [2.45, 2.75) is 13.0 Å². The molecule has 1 atom stereocenters. The van der Waals surface area contributed by atoms with Gasteiger partial charge in [0.1, 0.15) is 5.82 Å².